The molecule has 30 heavy (non-hydrogen) atoms. The number of sulfonamides is 1. The third kappa shape index (κ3) is 5.36. The van der Waals surface area contributed by atoms with Crippen molar-refractivity contribution in [3.05, 3.63) is 53.6 Å². The van der Waals surface area contributed by atoms with E-state index in [-0.39, 0.29) is 17.4 Å². The summed E-state index contributed by atoms with van der Waals surface area (Å²) >= 11 is 0. The number of amides is 1. The lowest BCUT2D eigenvalue weighted by Gasteiger charge is -2.26. The number of aryl methyl sites for hydroxylation is 1. The van der Waals surface area contributed by atoms with Crippen molar-refractivity contribution >= 4 is 21.6 Å². The molecule has 0 radical (unpaired) electrons. The van der Waals surface area contributed by atoms with Gasteiger partial charge in [0.25, 0.3) is 5.91 Å². The Morgan fingerprint density at radius 2 is 1.90 bits per heavy atom. The number of rotatable bonds is 7. The molecule has 1 N–H and O–H groups in total. The zero-order chi connectivity index (χ0) is 21.6. The van der Waals surface area contributed by atoms with Gasteiger partial charge in [0.05, 0.1) is 30.6 Å². The smallest absolute Gasteiger partial charge is 0.262 e. The van der Waals surface area contributed by atoms with Crippen LogP contribution in [0.15, 0.2) is 47.4 Å². The summed E-state index contributed by atoms with van der Waals surface area (Å²) in [7, 11) is -3.58. The van der Waals surface area contributed by atoms with E-state index in [4.69, 9.17) is 14.7 Å². The summed E-state index contributed by atoms with van der Waals surface area (Å²) in [5.74, 6) is 0.0999. The fourth-order valence-corrected chi connectivity index (χ4v) is 4.51. The van der Waals surface area contributed by atoms with Gasteiger partial charge in [-0.15, -0.1) is 0 Å². The number of morpholine rings is 1. The van der Waals surface area contributed by atoms with Crippen LogP contribution in [0.3, 0.4) is 0 Å². The number of carbonyl (C=O) groups excluding carboxylic acids is 1. The third-order valence-electron chi connectivity index (χ3n) is 4.63. The number of nitrogens with one attached hydrogen (secondary N) is 1. The largest absolute Gasteiger partial charge is 0.483 e. The monoisotopic (exact) mass is 429 g/mol. The van der Waals surface area contributed by atoms with Crippen LogP contribution in [0.1, 0.15) is 11.1 Å². The van der Waals surface area contributed by atoms with Crippen LogP contribution in [-0.2, 0) is 26.0 Å². The molecule has 0 aliphatic carbocycles. The standard InChI is InChI=1S/C21H23N3O5S/c1-16-14-19(30(26,27)24-10-12-28-13-11-24)6-7-20(16)29-15-21(25)23-18-4-2-17(3-5-18)8-9-22/h2-7,14H,8,10-13,15H2,1H3,(H,23,25). The first kappa shape index (κ1) is 21.8. The van der Waals surface area contributed by atoms with Gasteiger partial charge in [-0.25, -0.2) is 8.42 Å². The van der Waals surface area contributed by atoms with Crippen LogP contribution in [-0.4, -0.2) is 51.5 Å². The zero-order valence-corrected chi connectivity index (χ0v) is 17.4. The van der Waals surface area contributed by atoms with Crippen molar-refractivity contribution in [2.24, 2.45) is 0 Å². The Labute approximate surface area is 176 Å². The molecule has 1 heterocycles. The molecular weight excluding hydrogens is 406 g/mol. The van der Waals surface area contributed by atoms with Crippen LogP contribution in [0.4, 0.5) is 5.69 Å². The summed E-state index contributed by atoms with van der Waals surface area (Å²) in [5, 5.41) is 11.4. The van der Waals surface area contributed by atoms with Gasteiger partial charge in [-0.2, -0.15) is 9.57 Å². The van der Waals surface area contributed by atoms with Gasteiger partial charge < -0.3 is 14.8 Å². The molecule has 1 aliphatic heterocycles. The molecule has 158 valence electrons. The van der Waals surface area contributed by atoms with Crippen molar-refractivity contribution in [3.63, 3.8) is 0 Å². The maximum Gasteiger partial charge on any atom is 0.262 e. The first-order valence-corrected chi connectivity index (χ1v) is 10.9. The van der Waals surface area contributed by atoms with E-state index < -0.39 is 10.0 Å². The highest BCUT2D eigenvalue weighted by Crippen LogP contribution is 2.24. The van der Waals surface area contributed by atoms with E-state index >= 15 is 0 Å². The molecule has 0 spiro atoms. The lowest BCUT2D eigenvalue weighted by atomic mass is 10.1. The van der Waals surface area contributed by atoms with E-state index in [1.165, 1.54) is 10.4 Å². The van der Waals surface area contributed by atoms with E-state index in [1.807, 2.05) is 0 Å². The van der Waals surface area contributed by atoms with Crippen molar-refractivity contribution < 1.29 is 22.7 Å². The SMILES string of the molecule is Cc1cc(S(=O)(=O)N2CCOCC2)ccc1OCC(=O)Nc1ccc(CC#N)cc1. The molecule has 3 rings (SSSR count). The first-order valence-electron chi connectivity index (χ1n) is 9.47. The number of hydrogen-bond acceptors (Lipinski definition) is 6. The summed E-state index contributed by atoms with van der Waals surface area (Å²) in [6.07, 6.45) is 0.313. The van der Waals surface area contributed by atoms with Gasteiger partial charge in [0.2, 0.25) is 10.0 Å². The summed E-state index contributed by atoms with van der Waals surface area (Å²) < 4.78 is 37.6. The van der Waals surface area contributed by atoms with Gasteiger partial charge in [-0.05, 0) is 48.4 Å². The summed E-state index contributed by atoms with van der Waals surface area (Å²) in [5.41, 5.74) is 2.10. The maximum absolute atomic E-state index is 12.7. The minimum atomic E-state index is -3.58. The number of ether oxygens (including phenoxy) is 2. The Bertz CT molecular complexity index is 1040. The average Bonchev–Trinajstić information content (AvgIpc) is 2.75. The lowest BCUT2D eigenvalue weighted by molar-refractivity contribution is -0.118. The van der Waals surface area contributed by atoms with Gasteiger partial charge in [0.1, 0.15) is 5.75 Å². The average molecular weight is 429 g/mol. The molecule has 1 fully saturated rings. The number of nitriles is 1. The third-order valence-corrected chi connectivity index (χ3v) is 6.53. The Morgan fingerprint density at radius 1 is 1.20 bits per heavy atom. The molecule has 0 aromatic heterocycles. The van der Waals surface area contributed by atoms with E-state index in [2.05, 4.69) is 11.4 Å². The highest BCUT2D eigenvalue weighted by Gasteiger charge is 2.26. The van der Waals surface area contributed by atoms with Gasteiger partial charge in [0.15, 0.2) is 6.61 Å². The normalized spacial score (nSPS) is 14.7. The molecule has 2 aromatic carbocycles. The predicted octanol–water partition coefficient (Wildman–Crippen LogP) is 2.10. The Morgan fingerprint density at radius 3 is 2.53 bits per heavy atom. The second-order valence-electron chi connectivity index (χ2n) is 6.81. The van der Waals surface area contributed by atoms with Gasteiger partial charge in [0, 0.05) is 18.8 Å². The van der Waals surface area contributed by atoms with E-state index in [0.717, 1.165) is 5.56 Å². The van der Waals surface area contributed by atoms with Gasteiger partial charge in [-0.1, -0.05) is 12.1 Å². The number of carbonyl (C=O) groups is 1. The summed E-state index contributed by atoms with van der Waals surface area (Å²) in [6.45, 7) is 2.95. The Kier molecular flexibility index (Phi) is 7.05. The molecule has 1 aliphatic rings. The molecule has 0 bridgehead atoms. The van der Waals surface area contributed by atoms with Crippen molar-refractivity contribution in [1.29, 1.82) is 5.26 Å². The molecule has 8 nitrogen and oxygen atoms in total. The molecule has 9 heteroatoms. The predicted molar refractivity (Wildman–Crippen MR) is 111 cm³/mol. The van der Waals surface area contributed by atoms with Crippen LogP contribution >= 0.6 is 0 Å². The minimum absolute atomic E-state index is 0.191. The molecule has 0 atom stereocenters. The molecule has 1 saturated heterocycles. The van der Waals surface area contributed by atoms with Crippen LogP contribution in [0.2, 0.25) is 0 Å². The fraction of sp³-hybridized carbons (Fsp3) is 0.333. The summed E-state index contributed by atoms with van der Waals surface area (Å²) in [4.78, 5) is 12.3. The second-order valence-corrected chi connectivity index (χ2v) is 8.75. The topological polar surface area (TPSA) is 109 Å². The summed E-state index contributed by atoms with van der Waals surface area (Å²) in [6, 6.07) is 13.7. The highest BCUT2D eigenvalue weighted by molar-refractivity contribution is 7.89. The minimum Gasteiger partial charge on any atom is -0.483 e. The number of hydrogen-bond donors (Lipinski definition) is 1. The highest BCUT2D eigenvalue weighted by atomic mass is 32.2. The van der Waals surface area contributed by atoms with Crippen molar-refractivity contribution in [2.45, 2.75) is 18.2 Å². The van der Waals surface area contributed by atoms with Crippen LogP contribution < -0.4 is 10.1 Å². The van der Waals surface area contributed by atoms with E-state index in [1.54, 1.807) is 43.3 Å². The van der Waals surface area contributed by atoms with Crippen molar-refractivity contribution in [2.75, 3.05) is 38.2 Å². The second kappa shape index (κ2) is 9.71. The number of benzene rings is 2. The lowest BCUT2D eigenvalue weighted by Crippen LogP contribution is -2.40. The Hall–Kier alpha value is -2.93. The van der Waals surface area contributed by atoms with Crippen LogP contribution in [0.25, 0.3) is 0 Å². The van der Waals surface area contributed by atoms with Gasteiger partial charge in [-0.3, -0.25) is 4.79 Å². The number of nitrogens with zero attached hydrogens (tertiary/aromatic N) is 2. The fourth-order valence-electron chi connectivity index (χ4n) is 3.02. The first-order chi connectivity index (χ1) is 14.4. The van der Waals surface area contributed by atoms with Crippen molar-refractivity contribution in [3.8, 4) is 11.8 Å². The molecule has 1 amide bonds. The van der Waals surface area contributed by atoms with E-state index in [9.17, 15) is 13.2 Å². The Balaban J connectivity index is 1.59. The van der Waals surface area contributed by atoms with Gasteiger partial charge >= 0.3 is 0 Å². The maximum atomic E-state index is 12.7. The number of anilines is 1. The zero-order valence-electron chi connectivity index (χ0n) is 16.6. The molecular formula is C21H23N3O5S. The van der Waals surface area contributed by atoms with E-state index in [0.29, 0.717) is 49.7 Å². The molecule has 0 unspecified atom stereocenters. The van der Waals surface area contributed by atoms with Crippen LogP contribution in [0, 0.1) is 18.3 Å². The van der Waals surface area contributed by atoms with Crippen molar-refractivity contribution in [1.82, 2.24) is 4.31 Å². The molecule has 2 aromatic rings. The molecule has 0 saturated carbocycles. The van der Waals surface area contributed by atoms with Crippen LogP contribution in [0.5, 0.6) is 5.75 Å². The quantitative estimate of drug-likeness (QED) is 0.722.